The first-order chi connectivity index (χ1) is 8.00. The summed E-state index contributed by atoms with van der Waals surface area (Å²) in [5, 5.41) is 11.5. The van der Waals surface area contributed by atoms with Crippen LogP contribution in [0.15, 0.2) is 0 Å². The zero-order valence-corrected chi connectivity index (χ0v) is 10.4. The van der Waals surface area contributed by atoms with Crippen molar-refractivity contribution in [1.82, 2.24) is 5.32 Å². The van der Waals surface area contributed by atoms with Gasteiger partial charge >= 0.3 is 5.97 Å². The van der Waals surface area contributed by atoms with E-state index in [9.17, 15) is 9.59 Å². The molecule has 2 atom stereocenters. The molecule has 1 amide bonds. The molecule has 17 heavy (non-hydrogen) atoms. The van der Waals surface area contributed by atoms with E-state index in [0.717, 1.165) is 19.3 Å². The molecule has 0 saturated carbocycles. The molecule has 1 fully saturated rings. The maximum atomic E-state index is 11.7. The average Bonchev–Trinajstić information content (AvgIpc) is 2.26. The normalized spacial score (nSPS) is 22.2. The van der Waals surface area contributed by atoms with Crippen molar-refractivity contribution in [3.63, 3.8) is 0 Å². The molecule has 1 aliphatic heterocycles. The second-order valence-corrected chi connectivity index (χ2v) is 4.82. The summed E-state index contributed by atoms with van der Waals surface area (Å²) >= 11 is 0. The Kier molecular flexibility index (Phi) is 5.41. The number of ether oxygens (including phenoxy) is 1. The van der Waals surface area contributed by atoms with Gasteiger partial charge in [0, 0.05) is 6.61 Å². The quantitative estimate of drug-likeness (QED) is 0.760. The lowest BCUT2D eigenvalue weighted by Crippen LogP contribution is -2.45. The van der Waals surface area contributed by atoms with Crippen molar-refractivity contribution in [2.75, 3.05) is 6.61 Å². The van der Waals surface area contributed by atoms with Crippen LogP contribution < -0.4 is 5.32 Å². The number of nitrogens with one attached hydrogen (secondary N) is 1. The summed E-state index contributed by atoms with van der Waals surface area (Å²) in [6.07, 6.45) is 3.21. The maximum absolute atomic E-state index is 11.7. The van der Waals surface area contributed by atoms with Crippen LogP contribution in [0.25, 0.3) is 0 Å². The molecule has 5 nitrogen and oxygen atoms in total. The lowest BCUT2D eigenvalue weighted by Gasteiger charge is -2.23. The van der Waals surface area contributed by atoms with Gasteiger partial charge in [0.25, 0.3) is 0 Å². The minimum absolute atomic E-state index is 0.0506. The van der Waals surface area contributed by atoms with Crippen molar-refractivity contribution in [3.05, 3.63) is 0 Å². The molecule has 0 aromatic carbocycles. The van der Waals surface area contributed by atoms with Gasteiger partial charge in [-0.15, -0.1) is 0 Å². The third-order valence-corrected chi connectivity index (χ3v) is 2.94. The summed E-state index contributed by atoms with van der Waals surface area (Å²) in [6, 6.07) is -0.814. The largest absolute Gasteiger partial charge is 0.480 e. The van der Waals surface area contributed by atoms with Crippen molar-refractivity contribution in [2.24, 2.45) is 5.92 Å². The lowest BCUT2D eigenvalue weighted by atomic mass is 10.0. The van der Waals surface area contributed by atoms with Gasteiger partial charge in [0.05, 0.1) is 12.5 Å². The molecule has 1 heterocycles. The van der Waals surface area contributed by atoms with Gasteiger partial charge in [-0.3, -0.25) is 4.79 Å². The van der Waals surface area contributed by atoms with E-state index < -0.39 is 12.0 Å². The topological polar surface area (TPSA) is 75.6 Å². The van der Waals surface area contributed by atoms with E-state index in [0.29, 0.717) is 6.61 Å². The summed E-state index contributed by atoms with van der Waals surface area (Å²) in [4.78, 5) is 22.6. The molecule has 0 aromatic heterocycles. The van der Waals surface area contributed by atoms with Crippen LogP contribution >= 0.6 is 0 Å². The molecule has 1 unspecified atom stereocenters. The first-order valence-corrected chi connectivity index (χ1v) is 6.14. The molecule has 2 N–H and O–H groups in total. The maximum Gasteiger partial charge on any atom is 0.326 e. The van der Waals surface area contributed by atoms with E-state index in [1.807, 2.05) is 0 Å². The molecular formula is C12H21NO4. The fourth-order valence-electron chi connectivity index (χ4n) is 1.92. The number of hydrogen-bond acceptors (Lipinski definition) is 3. The Morgan fingerprint density at radius 2 is 2.12 bits per heavy atom. The van der Waals surface area contributed by atoms with E-state index in [1.165, 1.54) is 0 Å². The number of carboxylic acid groups (broad SMARTS) is 1. The Balaban J connectivity index is 2.38. The Hall–Kier alpha value is -1.10. The van der Waals surface area contributed by atoms with Crippen LogP contribution in [-0.4, -0.2) is 35.7 Å². The third kappa shape index (κ3) is 4.73. The third-order valence-electron chi connectivity index (χ3n) is 2.94. The highest BCUT2D eigenvalue weighted by Gasteiger charge is 2.25. The van der Waals surface area contributed by atoms with Crippen molar-refractivity contribution >= 4 is 11.9 Å². The number of rotatable bonds is 5. The zero-order chi connectivity index (χ0) is 12.8. The molecule has 0 bridgehead atoms. The number of carboxylic acids is 1. The van der Waals surface area contributed by atoms with Crippen LogP contribution in [0.3, 0.4) is 0 Å². The summed E-state index contributed by atoms with van der Waals surface area (Å²) in [5.74, 6) is -1.35. The second-order valence-electron chi connectivity index (χ2n) is 4.82. The van der Waals surface area contributed by atoms with E-state index in [-0.39, 0.29) is 24.3 Å². The summed E-state index contributed by atoms with van der Waals surface area (Å²) in [7, 11) is 0. The highest BCUT2D eigenvalue weighted by molar-refractivity contribution is 5.83. The van der Waals surface area contributed by atoms with Gasteiger partial charge in [-0.1, -0.05) is 13.8 Å². The van der Waals surface area contributed by atoms with Gasteiger partial charge in [0.1, 0.15) is 6.04 Å². The van der Waals surface area contributed by atoms with Crippen molar-refractivity contribution in [2.45, 2.75) is 51.7 Å². The molecular weight excluding hydrogens is 222 g/mol. The molecule has 0 aliphatic carbocycles. The smallest absolute Gasteiger partial charge is 0.326 e. The van der Waals surface area contributed by atoms with E-state index >= 15 is 0 Å². The molecule has 98 valence electrons. The Bertz CT molecular complexity index is 272. The highest BCUT2D eigenvalue weighted by atomic mass is 16.5. The lowest BCUT2D eigenvalue weighted by molar-refractivity contribution is -0.143. The first kappa shape index (κ1) is 14.0. The zero-order valence-electron chi connectivity index (χ0n) is 10.4. The fraction of sp³-hybridized carbons (Fsp3) is 0.833. The van der Waals surface area contributed by atoms with Crippen molar-refractivity contribution in [1.29, 1.82) is 0 Å². The van der Waals surface area contributed by atoms with Gasteiger partial charge < -0.3 is 15.2 Å². The van der Waals surface area contributed by atoms with Crippen LogP contribution in [0, 0.1) is 5.92 Å². The molecule has 0 radical (unpaired) electrons. The summed E-state index contributed by atoms with van der Waals surface area (Å²) < 4.78 is 5.44. The fourth-order valence-corrected chi connectivity index (χ4v) is 1.92. The molecule has 0 spiro atoms. The minimum Gasteiger partial charge on any atom is -0.480 e. The SMILES string of the molecule is CC(C)[C@@H](NC(=O)CC1CCCCO1)C(=O)O. The predicted octanol–water partition coefficient (Wildman–Crippen LogP) is 1.17. The van der Waals surface area contributed by atoms with Crippen LogP contribution in [0.1, 0.15) is 39.5 Å². The van der Waals surface area contributed by atoms with Crippen molar-refractivity contribution < 1.29 is 19.4 Å². The van der Waals surface area contributed by atoms with E-state index in [2.05, 4.69) is 5.32 Å². The second kappa shape index (κ2) is 6.59. The summed E-state index contributed by atoms with van der Waals surface area (Å²) in [6.45, 7) is 4.25. The monoisotopic (exact) mass is 243 g/mol. The molecule has 0 aromatic rings. The molecule has 1 aliphatic rings. The van der Waals surface area contributed by atoms with Crippen molar-refractivity contribution in [3.8, 4) is 0 Å². The predicted molar refractivity (Wildman–Crippen MR) is 62.6 cm³/mol. The van der Waals surface area contributed by atoms with Crippen LogP contribution in [0.2, 0.25) is 0 Å². The number of carbonyl (C=O) groups excluding carboxylic acids is 1. The number of aliphatic carboxylic acids is 1. The van der Waals surface area contributed by atoms with Gasteiger partial charge in [-0.05, 0) is 25.2 Å². The number of carbonyl (C=O) groups is 2. The minimum atomic E-state index is -0.988. The highest BCUT2D eigenvalue weighted by Crippen LogP contribution is 2.15. The van der Waals surface area contributed by atoms with Crippen LogP contribution in [-0.2, 0) is 14.3 Å². The van der Waals surface area contributed by atoms with Crippen LogP contribution in [0.5, 0.6) is 0 Å². The molecule has 1 rings (SSSR count). The van der Waals surface area contributed by atoms with Gasteiger partial charge in [0.15, 0.2) is 0 Å². The van der Waals surface area contributed by atoms with E-state index in [4.69, 9.17) is 9.84 Å². The number of amides is 1. The van der Waals surface area contributed by atoms with Crippen LogP contribution in [0.4, 0.5) is 0 Å². The van der Waals surface area contributed by atoms with Gasteiger partial charge in [0.2, 0.25) is 5.91 Å². The van der Waals surface area contributed by atoms with Gasteiger partial charge in [-0.2, -0.15) is 0 Å². The average molecular weight is 243 g/mol. The Morgan fingerprint density at radius 3 is 2.59 bits per heavy atom. The standard InChI is InChI=1S/C12H21NO4/c1-8(2)11(12(15)16)13-10(14)7-9-5-3-4-6-17-9/h8-9,11H,3-7H2,1-2H3,(H,13,14)(H,15,16)/t9?,11-/m1/s1. The van der Waals surface area contributed by atoms with Gasteiger partial charge in [-0.25, -0.2) is 4.79 Å². The molecule has 1 saturated heterocycles. The molecule has 5 heteroatoms. The first-order valence-electron chi connectivity index (χ1n) is 6.14. The Labute approximate surface area is 102 Å². The number of hydrogen-bond donors (Lipinski definition) is 2. The van der Waals surface area contributed by atoms with E-state index in [1.54, 1.807) is 13.8 Å². The summed E-state index contributed by atoms with van der Waals surface area (Å²) in [5.41, 5.74) is 0. The Morgan fingerprint density at radius 1 is 1.41 bits per heavy atom.